The fourth-order valence-corrected chi connectivity index (χ4v) is 7.65. The largest absolute Gasteiger partial charge is 0.309 e. The minimum atomic E-state index is 0.570. The summed E-state index contributed by atoms with van der Waals surface area (Å²) < 4.78 is 4.78. The lowest BCUT2D eigenvalue weighted by molar-refractivity contribution is 1.16. The first-order valence-electron chi connectivity index (χ1n) is 17.3. The third kappa shape index (κ3) is 4.70. The zero-order valence-electron chi connectivity index (χ0n) is 28.0. The molecule has 0 unspecified atom stereocenters. The number of nitrogens with zero attached hydrogens (tertiary/aromatic N) is 5. The Morgan fingerprint density at radius 2 is 1.04 bits per heavy atom. The standard InChI is InChI=1S/C47H29N5/c48-30-31-13-11-17-34(27-31)47-49-40(32-14-3-1-4-15-32)29-41(50-47)33-16-12-20-36(28-33)52-42-23-9-7-21-37(42)38-25-26-44-45(46(38)52)39-22-8-10-24-43(39)51(44)35-18-5-2-6-19-35/h1-29H. The molecule has 0 N–H and O–H groups in total. The summed E-state index contributed by atoms with van der Waals surface area (Å²) in [6.45, 7) is 0. The molecule has 0 saturated carbocycles. The summed E-state index contributed by atoms with van der Waals surface area (Å²) in [5, 5.41) is 14.5. The molecule has 10 rings (SSSR count). The average Bonchev–Trinajstić information content (AvgIpc) is 3.74. The van der Waals surface area contributed by atoms with Crippen molar-refractivity contribution in [2.24, 2.45) is 0 Å². The third-order valence-corrected chi connectivity index (χ3v) is 9.93. The van der Waals surface area contributed by atoms with Gasteiger partial charge in [0.1, 0.15) is 0 Å². The SMILES string of the molecule is N#Cc1cccc(-c2nc(-c3ccccc3)cc(-c3cccc(-n4c5ccccc5c5ccc6c(c7ccccc7n6-c6ccccc6)c54)c3)n2)c1. The van der Waals surface area contributed by atoms with E-state index in [0.29, 0.717) is 11.4 Å². The molecule has 0 radical (unpaired) electrons. The molecule has 242 valence electrons. The molecular weight excluding hydrogens is 635 g/mol. The van der Waals surface area contributed by atoms with E-state index in [0.717, 1.165) is 50.5 Å². The summed E-state index contributed by atoms with van der Waals surface area (Å²) in [6.07, 6.45) is 0. The molecule has 0 aliphatic rings. The lowest BCUT2D eigenvalue weighted by Crippen LogP contribution is -1.98. The maximum Gasteiger partial charge on any atom is 0.160 e. The van der Waals surface area contributed by atoms with Gasteiger partial charge in [-0.25, -0.2) is 9.97 Å². The molecule has 52 heavy (non-hydrogen) atoms. The second-order valence-electron chi connectivity index (χ2n) is 13.0. The molecule has 5 nitrogen and oxygen atoms in total. The van der Waals surface area contributed by atoms with Crippen LogP contribution < -0.4 is 0 Å². The first-order valence-corrected chi connectivity index (χ1v) is 17.3. The van der Waals surface area contributed by atoms with Gasteiger partial charge in [0.25, 0.3) is 0 Å². The number of para-hydroxylation sites is 3. The Balaban J connectivity index is 1.24. The van der Waals surface area contributed by atoms with Gasteiger partial charge >= 0.3 is 0 Å². The molecule has 0 aliphatic carbocycles. The highest BCUT2D eigenvalue weighted by molar-refractivity contribution is 6.26. The van der Waals surface area contributed by atoms with Crippen LogP contribution in [0.25, 0.3) is 88.9 Å². The third-order valence-electron chi connectivity index (χ3n) is 9.93. The van der Waals surface area contributed by atoms with Crippen LogP contribution in [0.1, 0.15) is 5.56 Å². The van der Waals surface area contributed by atoms with Crippen molar-refractivity contribution in [1.29, 1.82) is 5.26 Å². The van der Waals surface area contributed by atoms with Crippen LogP contribution in [-0.2, 0) is 0 Å². The van der Waals surface area contributed by atoms with Crippen molar-refractivity contribution in [2.75, 3.05) is 0 Å². The van der Waals surface area contributed by atoms with Crippen molar-refractivity contribution in [3.63, 3.8) is 0 Å². The first-order chi connectivity index (χ1) is 25.7. The number of hydrogen-bond acceptors (Lipinski definition) is 3. The summed E-state index contributed by atoms with van der Waals surface area (Å²) >= 11 is 0. The minimum Gasteiger partial charge on any atom is -0.309 e. The molecular formula is C47H29N5. The van der Waals surface area contributed by atoms with Crippen LogP contribution in [0.15, 0.2) is 176 Å². The van der Waals surface area contributed by atoms with Crippen LogP contribution in [-0.4, -0.2) is 19.1 Å². The van der Waals surface area contributed by atoms with Crippen molar-refractivity contribution in [3.8, 4) is 51.3 Å². The van der Waals surface area contributed by atoms with Gasteiger partial charge in [-0.2, -0.15) is 5.26 Å². The highest BCUT2D eigenvalue weighted by Gasteiger charge is 2.21. The van der Waals surface area contributed by atoms with E-state index in [9.17, 15) is 5.26 Å². The Morgan fingerprint density at radius 3 is 1.83 bits per heavy atom. The zero-order chi connectivity index (χ0) is 34.6. The molecule has 7 aromatic carbocycles. The summed E-state index contributed by atoms with van der Waals surface area (Å²) in [7, 11) is 0. The van der Waals surface area contributed by atoms with E-state index in [1.807, 2.05) is 36.4 Å². The topological polar surface area (TPSA) is 59.4 Å². The molecule has 3 heterocycles. The lowest BCUT2D eigenvalue weighted by atomic mass is 10.1. The Morgan fingerprint density at radius 1 is 0.423 bits per heavy atom. The number of benzene rings is 7. The normalized spacial score (nSPS) is 11.4. The summed E-state index contributed by atoms with van der Waals surface area (Å²) in [5.41, 5.74) is 11.8. The van der Waals surface area contributed by atoms with Gasteiger partial charge in [0.05, 0.1) is 45.1 Å². The van der Waals surface area contributed by atoms with Crippen LogP contribution in [0.4, 0.5) is 0 Å². The van der Waals surface area contributed by atoms with Crippen LogP contribution in [0.3, 0.4) is 0 Å². The molecule has 0 fully saturated rings. The number of aromatic nitrogens is 4. The fourth-order valence-electron chi connectivity index (χ4n) is 7.65. The van der Waals surface area contributed by atoms with Crippen LogP contribution in [0, 0.1) is 11.3 Å². The van der Waals surface area contributed by atoms with Gasteiger partial charge in [0.2, 0.25) is 0 Å². The van der Waals surface area contributed by atoms with E-state index in [2.05, 4.69) is 149 Å². The van der Waals surface area contributed by atoms with Gasteiger partial charge in [-0.05, 0) is 60.7 Å². The molecule has 0 bridgehead atoms. The number of nitriles is 1. The van der Waals surface area contributed by atoms with Gasteiger partial charge < -0.3 is 9.13 Å². The highest BCUT2D eigenvalue weighted by Crippen LogP contribution is 2.42. The predicted molar refractivity (Wildman–Crippen MR) is 212 cm³/mol. The van der Waals surface area contributed by atoms with E-state index < -0.39 is 0 Å². The molecule has 0 spiro atoms. The van der Waals surface area contributed by atoms with Gasteiger partial charge in [-0.3, -0.25) is 0 Å². The van der Waals surface area contributed by atoms with Crippen molar-refractivity contribution in [2.45, 2.75) is 0 Å². The molecule has 10 aromatic rings. The lowest BCUT2D eigenvalue weighted by Gasteiger charge is -2.13. The van der Waals surface area contributed by atoms with Crippen LogP contribution >= 0.6 is 0 Å². The second-order valence-corrected chi connectivity index (χ2v) is 13.0. The molecule has 0 amide bonds. The van der Waals surface area contributed by atoms with Gasteiger partial charge in [0, 0.05) is 49.6 Å². The first kappa shape index (κ1) is 29.6. The van der Waals surface area contributed by atoms with E-state index in [-0.39, 0.29) is 0 Å². The summed E-state index contributed by atoms with van der Waals surface area (Å²) in [6, 6.07) is 63.1. The van der Waals surface area contributed by atoms with E-state index in [4.69, 9.17) is 9.97 Å². The van der Waals surface area contributed by atoms with E-state index in [1.165, 1.54) is 32.6 Å². The smallest absolute Gasteiger partial charge is 0.160 e. The monoisotopic (exact) mass is 663 g/mol. The van der Waals surface area contributed by atoms with E-state index in [1.54, 1.807) is 6.07 Å². The van der Waals surface area contributed by atoms with Crippen molar-refractivity contribution in [3.05, 3.63) is 181 Å². The Labute approximate surface area is 299 Å². The van der Waals surface area contributed by atoms with Gasteiger partial charge in [0.15, 0.2) is 5.82 Å². The Kier molecular flexibility index (Phi) is 6.80. The predicted octanol–water partition coefficient (Wildman–Crippen LogP) is 11.5. The van der Waals surface area contributed by atoms with Gasteiger partial charge in [-0.1, -0.05) is 115 Å². The Hall–Kier alpha value is -7.29. The fraction of sp³-hybridized carbons (Fsp3) is 0. The summed E-state index contributed by atoms with van der Waals surface area (Å²) in [5.74, 6) is 0.575. The highest BCUT2D eigenvalue weighted by atomic mass is 15.0. The van der Waals surface area contributed by atoms with Crippen LogP contribution in [0.5, 0.6) is 0 Å². The maximum absolute atomic E-state index is 9.64. The minimum absolute atomic E-state index is 0.570. The quantitative estimate of drug-likeness (QED) is 0.184. The van der Waals surface area contributed by atoms with Crippen LogP contribution in [0.2, 0.25) is 0 Å². The van der Waals surface area contributed by atoms with Crippen molar-refractivity contribution in [1.82, 2.24) is 19.1 Å². The molecule has 0 atom stereocenters. The van der Waals surface area contributed by atoms with E-state index >= 15 is 0 Å². The number of rotatable bonds is 5. The van der Waals surface area contributed by atoms with Gasteiger partial charge in [-0.15, -0.1) is 0 Å². The molecule has 0 saturated heterocycles. The van der Waals surface area contributed by atoms with Crippen molar-refractivity contribution < 1.29 is 0 Å². The molecule has 0 aliphatic heterocycles. The number of fused-ring (bicyclic) bond motifs is 7. The average molecular weight is 664 g/mol. The number of hydrogen-bond donors (Lipinski definition) is 0. The zero-order valence-corrected chi connectivity index (χ0v) is 28.0. The van der Waals surface area contributed by atoms with Crippen molar-refractivity contribution >= 4 is 43.6 Å². The molecule has 3 aromatic heterocycles. The Bertz CT molecular complexity index is 3020. The second kappa shape index (κ2) is 11.9. The maximum atomic E-state index is 9.64. The summed E-state index contributed by atoms with van der Waals surface area (Å²) in [4.78, 5) is 10.1. The molecule has 5 heteroatoms.